The van der Waals surface area contributed by atoms with E-state index in [1.54, 1.807) is 0 Å². The lowest BCUT2D eigenvalue weighted by atomic mass is 10.2. The highest BCUT2D eigenvalue weighted by Crippen LogP contribution is 2.28. The topological polar surface area (TPSA) is 56.1 Å². The first-order chi connectivity index (χ1) is 15.1. The predicted octanol–water partition coefficient (Wildman–Crippen LogP) is 5.32. The molecule has 2 aromatic carbocycles. The van der Waals surface area contributed by atoms with Crippen molar-refractivity contribution in [1.29, 1.82) is 0 Å². The third-order valence-corrected chi connectivity index (χ3v) is 6.20. The van der Waals surface area contributed by atoms with Gasteiger partial charge in [0.15, 0.2) is 0 Å². The van der Waals surface area contributed by atoms with Gasteiger partial charge in [0, 0.05) is 23.9 Å². The van der Waals surface area contributed by atoms with Crippen LogP contribution >= 0.6 is 11.6 Å². The first-order valence-corrected chi connectivity index (χ1v) is 11.6. The van der Waals surface area contributed by atoms with Crippen molar-refractivity contribution < 1.29 is 9.53 Å². The van der Waals surface area contributed by atoms with Gasteiger partial charge in [-0.2, -0.15) is 0 Å². The van der Waals surface area contributed by atoms with E-state index in [1.807, 2.05) is 31.2 Å². The molecule has 0 bridgehead atoms. The Bertz CT molecular complexity index is 1040. The highest BCUT2D eigenvalue weighted by molar-refractivity contribution is 6.31. The molecule has 1 N–H and O–H groups in total. The van der Waals surface area contributed by atoms with Gasteiger partial charge in [-0.1, -0.05) is 30.2 Å². The number of hydrogen-bond donors (Lipinski definition) is 1. The summed E-state index contributed by atoms with van der Waals surface area (Å²) in [5.41, 5.74) is 3.18. The molecule has 164 valence electrons. The molecule has 1 aliphatic rings. The van der Waals surface area contributed by atoms with Gasteiger partial charge in [0.25, 0.3) is 0 Å². The number of aromatic nitrogens is 2. The quantitative estimate of drug-likeness (QED) is 0.411. The van der Waals surface area contributed by atoms with E-state index in [9.17, 15) is 4.79 Å². The van der Waals surface area contributed by atoms with Gasteiger partial charge in [0.05, 0.1) is 17.6 Å². The highest BCUT2D eigenvalue weighted by Gasteiger charge is 2.28. The summed E-state index contributed by atoms with van der Waals surface area (Å²) < 4.78 is 8.25. The smallest absolute Gasteiger partial charge is 0.223 e. The van der Waals surface area contributed by atoms with Crippen LogP contribution in [0.3, 0.4) is 0 Å². The van der Waals surface area contributed by atoms with E-state index >= 15 is 0 Å². The van der Waals surface area contributed by atoms with Gasteiger partial charge in [-0.25, -0.2) is 4.98 Å². The van der Waals surface area contributed by atoms with Gasteiger partial charge < -0.3 is 14.6 Å². The van der Waals surface area contributed by atoms with E-state index in [2.05, 4.69) is 28.1 Å². The Kier molecular flexibility index (Phi) is 7.13. The summed E-state index contributed by atoms with van der Waals surface area (Å²) in [4.78, 5) is 16.6. The number of para-hydroxylation sites is 2. The van der Waals surface area contributed by atoms with Crippen molar-refractivity contribution in [2.75, 3.05) is 13.2 Å². The fourth-order valence-electron chi connectivity index (χ4n) is 3.81. The van der Waals surface area contributed by atoms with Gasteiger partial charge >= 0.3 is 0 Å². The van der Waals surface area contributed by atoms with E-state index in [0.29, 0.717) is 12.5 Å². The number of fused-ring (bicyclic) bond motifs is 1. The zero-order chi connectivity index (χ0) is 21.6. The van der Waals surface area contributed by atoms with Crippen molar-refractivity contribution >= 4 is 28.5 Å². The fraction of sp³-hybridized carbons (Fsp3) is 0.440. The van der Waals surface area contributed by atoms with E-state index in [0.717, 1.165) is 84.8 Å². The molecule has 1 heterocycles. The van der Waals surface area contributed by atoms with E-state index in [-0.39, 0.29) is 5.91 Å². The van der Waals surface area contributed by atoms with Crippen molar-refractivity contribution in [3.63, 3.8) is 0 Å². The monoisotopic (exact) mass is 439 g/mol. The highest BCUT2D eigenvalue weighted by atomic mass is 35.5. The maximum atomic E-state index is 11.7. The minimum absolute atomic E-state index is 0.234. The number of nitrogens with zero attached hydrogens (tertiary/aromatic N) is 2. The molecule has 1 saturated carbocycles. The number of ether oxygens (including phenoxy) is 1. The predicted molar refractivity (Wildman–Crippen MR) is 125 cm³/mol. The molecule has 1 fully saturated rings. The van der Waals surface area contributed by atoms with Crippen LogP contribution in [0.2, 0.25) is 5.02 Å². The number of amides is 1. The van der Waals surface area contributed by atoms with E-state index in [4.69, 9.17) is 21.3 Å². The number of imidazole rings is 1. The van der Waals surface area contributed by atoms with Crippen molar-refractivity contribution in [2.24, 2.45) is 5.92 Å². The summed E-state index contributed by atoms with van der Waals surface area (Å²) in [6.07, 6.45) is 6.18. The molecule has 0 atom stereocenters. The second-order valence-electron chi connectivity index (χ2n) is 8.30. The second kappa shape index (κ2) is 10.2. The Morgan fingerprint density at radius 1 is 1.19 bits per heavy atom. The SMILES string of the molecule is Cc1cc(OCCn2c(CCCCCNC(=O)C3CC3)nc3ccccc32)ccc1Cl. The third-order valence-electron chi connectivity index (χ3n) is 5.77. The van der Waals surface area contributed by atoms with E-state index < -0.39 is 0 Å². The molecule has 1 aromatic heterocycles. The molecule has 4 rings (SSSR count). The van der Waals surface area contributed by atoms with Crippen LogP contribution in [0.25, 0.3) is 11.0 Å². The van der Waals surface area contributed by atoms with Gasteiger partial charge in [0.1, 0.15) is 18.2 Å². The second-order valence-corrected chi connectivity index (χ2v) is 8.71. The molecule has 31 heavy (non-hydrogen) atoms. The van der Waals surface area contributed by atoms with Crippen LogP contribution in [0, 0.1) is 12.8 Å². The fourth-order valence-corrected chi connectivity index (χ4v) is 3.93. The number of aryl methyl sites for hydroxylation is 2. The van der Waals surface area contributed by atoms with Crippen molar-refractivity contribution in [2.45, 2.75) is 52.0 Å². The van der Waals surface area contributed by atoms with Gasteiger partial charge in [-0.15, -0.1) is 0 Å². The average molecular weight is 440 g/mol. The standard InChI is InChI=1S/C25H30ClN3O2/c1-18-17-20(12-13-21(18)26)31-16-15-29-23-8-5-4-7-22(23)28-24(29)9-3-2-6-14-27-25(30)19-10-11-19/h4-5,7-8,12-13,17,19H,2-3,6,9-11,14-16H2,1H3,(H,27,30). The molecule has 0 unspecified atom stereocenters. The van der Waals surface area contributed by atoms with Crippen LogP contribution in [0.1, 0.15) is 43.5 Å². The minimum Gasteiger partial charge on any atom is -0.492 e. The summed E-state index contributed by atoms with van der Waals surface area (Å²) in [6, 6.07) is 14.0. The Morgan fingerprint density at radius 3 is 2.84 bits per heavy atom. The number of nitrogens with one attached hydrogen (secondary N) is 1. The van der Waals surface area contributed by atoms with Gasteiger partial charge in [-0.05, 0) is 68.5 Å². The van der Waals surface area contributed by atoms with Crippen molar-refractivity contribution in [3.05, 3.63) is 58.9 Å². The van der Waals surface area contributed by atoms with Gasteiger partial charge in [0.2, 0.25) is 5.91 Å². The molecule has 1 aliphatic carbocycles. The minimum atomic E-state index is 0.234. The molecular weight excluding hydrogens is 410 g/mol. The van der Waals surface area contributed by atoms with Crippen LogP contribution in [-0.4, -0.2) is 28.6 Å². The molecule has 3 aromatic rings. The van der Waals surface area contributed by atoms with Gasteiger partial charge in [-0.3, -0.25) is 4.79 Å². The number of rotatable bonds is 11. The number of carbonyl (C=O) groups excluding carboxylic acids is 1. The van der Waals surface area contributed by atoms with Crippen molar-refractivity contribution in [1.82, 2.24) is 14.9 Å². The lowest BCUT2D eigenvalue weighted by Gasteiger charge is -2.12. The lowest BCUT2D eigenvalue weighted by molar-refractivity contribution is -0.122. The number of benzene rings is 2. The Labute approximate surface area is 188 Å². The molecule has 0 aliphatic heterocycles. The summed E-state index contributed by atoms with van der Waals surface area (Å²) in [6.45, 7) is 4.07. The maximum absolute atomic E-state index is 11.7. The summed E-state index contributed by atoms with van der Waals surface area (Å²) >= 11 is 6.11. The van der Waals surface area contributed by atoms with Crippen LogP contribution in [0.4, 0.5) is 0 Å². The average Bonchev–Trinajstić information content (AvgIpc) is 3.56. The van der Waals surface area contributed by atoms with Crippen molar-refractivity contribution in [3.8, 4) is 5.75 Å². The molecule has 0 spiro atoms. The lowest BCUT2D eigenvalue weighted by Crippen LogP contribution is -2.25. The Balaban J connectivity index is 1.30. The normalized spacial score (nSPS) is 13.5. The molecule has 5 nitrogen and oxygen atoms in total. The molecule has 1 amide bonds. The summed E-state index contributed by atoms with van der Waals surface area (Å²) in [5, 5.41) is 3.79. The zero-order valence-electron chi connectivity index (χ0n) is 18.1. The summed E-state index contributed by atoms with van der Waals surface area (Å²) in [7, 11) is 0. The summed E-state index contributed by atoms with van der Waals surface area (Å²) in [5.74, 6) is 2.46. The number of unbranched alkanes of at least 4 members (excludes halogenated alkanes) is 2. The maximum Gasteiger partial charge on any atom is 0.223 e. The Hall–Kier alpha value is -2.53. The number of carbonyl (C=O) groups is 1. The molecule has 0 saturated heterocycles. The third kappa shape index (κ3) is 5.79. The number of halogens is 1. The Morgan fingerprint density at radius 2 is 2.03 bits per heavy atom. The van der Waals surface area contributed by atoms with Crippen LogP contribution < -0.4 is 10.1 Å². The molecule has 0 radical (unpaired) electrons. The number of hydrogen-bond acceptors (Lipinski definition) is 3. The first-order valence-electron chi connectivity index (χ1n) is 11.2. The zero-order valence-corrected chi connectivity index (χ0v) is 18.8. The van der Waals surface area contributed by atoms with Crippen LogP contribution in [0.15, 0.2) is 42.5 Å². The van der Waals surface area contributed by atoms with E-state index in [1.165, 1.54) is 0 Å². The first kappa shape index (κ1) is 21.7. The van der Waals surface area contributed by atoms with Crippen LogP contribution in [0.5, 0.6) is 5.75 Å². The largest absolute Gasteiger partial charge is 0.492 e. The molecule has 6 heteroatoms. The molecular formula is C25H30ClN3O2. The van der Waals surface area contributed by atoms with Crippen LogP contribution in [-0.2, 0) is 17.8 Å².